The van der Waals surface area contributed by atoms with E-state index in [1.54, 1.807) is 0 Å². The molecule has 1 aliphatic rings. The van der Waals surface area contributed by atoms with Crippen molar-refractivity contribution in [2.24, 2.45) is 0 Å². The Hall–Kier alpha value is -0.870. The van der Waals surface area contributed by atoms with E-state index >= 15 is 0 Å². The summed E-state index contributed by atoms with van der Waals surface area (Å²) in [5.41, 5.74) is 2.98. The maximum atomic E-state index is 2.38. The zero-order valence-electron chi connectivity index (χ0n) is 8.48. The first kappa shape index (κ1) is 9.68. The van der Waals surface area contributed by atoms with Crippen molar-refractivity contribution in [3.8, 4) is 0 Å². The van der Waals surface area contributed by atoms with Crippen LogP contribution >= 0.6 is 8.20 Å². The SMILES string of the molecule is CCC(C1=CCP=C1)c1ccccc1. The number of hydrogen-bond donors (Lipinski definition) is 0. The first-order valence-corrected chi connectivity index (χ1v) is 6.31. The van der Waals surface area contributed by atoms with E-state index in [0.29, 0.717) is 5.92 Å². The van der Waals surface area contributed by atoms with Gasteiger partial charge in [0.2, 0.25) is 0 Å². The molecule has 1 atom stereocenters. The van der Waals surface area contributed by atoms with Crippen molar-refractivity contribution < 1.29 is 0 Å². The Labute approximate surface area is 87.5 Å². The molecule has 1 heteroatoms. The Balaban J connectivity index is 2.26. The predicted octanol–water partition coefficient (Wildman–Crippen LogP) is 3.87. The Morgan fingerprint density at radius 2 is 2.07 bits per heavy atom. The molecule has 0 saturated carbocycles. The van der Waals surface area contributed by atoms with Crippen LogP contribution in [0.15, 0.2) is 42.0 Å². The quantitative estimate of drug-likeness (QED) is 0.653. The third kappa shape index (κ3) is 1.96. The van der Waals surface area contributed by atoms with E-state index in [4.69, 9.17) is 0 Å². The summed E-state index contributed by atoms with van der Waals surface area (Å²) in [5.74, 6) is 2.98. The lowest BCUT2D eigenvalue weighted by atomic mass is 9.90. The molecule has 0 amide bonds. The van der Waals surface area contributed by atoms with Crippen molar-refractivity contribution in [1.82, 2.24) is 0 Å². The van der Waals surface area contributed by atoms with Crippen molar-refractivity contribution in [2.75, 3.05) is 6.16 Å². The van der Waals surface area contributed by atoms with Crippen LogP contribution in [0.2, 0.25) is 0 Å². The van der Waals surface area contributed by atoms with Crippen LogP contribution in [0.1, 0.15) is 24.8 Å². The molecule has 0 saturated heterocycles. The predicted molar refractivity (Wildman–Crippen MR) is 65.4 cm³/mol. The van der Waals surface area contributed by atoms with Crippen LogP contribution < -0.4 is 0 Å². The molecule has 0 radical (unpaired) electrons. The van der Waals surface area contributed by atoms with Gasteiger partial charge >= 0.3 is 0 Å². The van der Waals surface area contributed by atoms with Gasteiger partial charge in [-0.25, -0.2) is 0 Å². The van der Waals surface area contributed by atoms with E-state index in [2.05, 4.69) is 49.1 Å². The zero-order valence-corrected chi connectivity index (χ0v) is 9.37. The van der Waals surface area contributed by atoms with Gasteiger partial charge in [-0.15, -0.1) is 8.20 Å². The van der Waals surface area contributed by atoms with Gasteiger partial charge in [0.05, 0.1) is 0 Å². The van der Waals surface area contributed by atoms with E-state index in [1.807, 2.05) is 0 Å². The molecule has 0 spiro atoms. The van der Waals surface area contributed by atoms with E-state index in [0.717, 1.165) is 0 Å². The van der Waals surface area contributed by atoms with Gasteiger partial charge in [-0.05, 0) is 23.4 Å². The highest BCUT2D eigenvalue weighted by Gasteiger charge is 2.13. The molecule has 2 rings (SSSR count). The smallest absolute Gasteiger partial charge is 0.00871 e. The minimum Gasteiger partial charge on any atom is -0.100 e. The van der Waals surface area contributed by atoms with Crippen molar-refractivity contribution in [2.45, 2.75) is 19.3 Å². The average Bonchev–Trinajstić information content (AvgIpc) is 2.74. The molecular formula is C13H15P. The molecule has 0 aliphatic carbocycles. The summed E-state index contributed by atoms with van der Waals surface area (Å²) >= 11 is 0. The molecule has 1 aromatic carbocycles. The van der Waals surface area contributed by atoms with E-state index in [1.165, 1.54) is 31.9 Å². The maximum Gasteiger partial charge on any atom is 0.00871 e. The van der Waals surface area contributed by atoms with E-state index in [9.17, 15) is 0 Å². The molecule has 0 N–H and O–H groups in total. The van der Waals surface area contributed by atoms with Crippen molar-refractivity contribution >= 4 is 14.0 Å². The van der Waals surface area contributed by atoms with Crippen LogP contribution in [0.3, 0.4) is 0 Å². The fourth-order valence-electron chi connectivity index (χ4n) is 1.95. The van der Waals surface area contributed by atoms with Gasteiger partial charge in [0.1, 0.15) is 0 Å². The maximum absolute atomic E-state index is 2.38. The summed E-state index contributed by atoms with van der Waals surface area (Å²) in [6.07, 6.45) is 4.78. The number of allylic oxidation sites excluding steroid dienone is 2. The molecule has 14 heavy (non-hydrogen) atoms. The van der Waals surface area contributed by atoms with E-state index in [-0.39, 0.29) is 0 Å². The van der Waals surface area contributed by atoms with Crippen LogP contribution in [-0.4, -0.2) is 12.0 Å². The second-order valence-electron chi connectivity index (χ2n) is 3.57. The van der Waals surface area contributed by atoms with Crippen LogP contribution in [0, 0.1) is 0 Å². The van der Waals surface area contributed by atoms with Crippen LogP contribution in [0.5, 0.6) is 0 Å². The first-order valence-electron chi connectivity index (χ1n) is 5.16. The molecule has 1 heterocycles. The van der Waals surface area contributed by atoms with Crippen LogP contribution in [0.25, 0.3) is 0 Å². The molecule has 72 valence electrons. The number of hydrogen-bond acceptors (Lipinski definition) is 0. The highest BCUT2D eigenvalue weighted by atomic mass is 31.1. The lowest BCUT2D eigenvalue weighted by Gasteiger charge is -2.15. The third-order valence-electron chi connectivity index (χ3n) is 2.69. The fraction of sp³-hybridized carbons (Fsp3) is 0.308. The summed E-state index contributed by atoms with van der Waals surface area (Å²) in [4.78, 5) is 0. The largest absolute Gasteiger partial charge is 0.100 e. The monoisotopic (exact) mass is 202 g/mol. The summed E-state index contributed by atoms with van der Waals surface area (Å²) < 4.78 is 0. The summed E-state index contributed by atoms with van der Waals surface area (Å²) in [7, 11) is 1.46. The molecular weight excluding hydrogens is 187 g/mol. The Kier molecular flexibility index (Phi) is 3.16. The minimum atomic E-state index is 0.617. The molecule has 1 unspecified atom stereocenters. The molecule has 0 aromatic heterocycles. The minimum absolute atomic E-state index is 0.617. The van der Waals surface area contributed by atoms with Gasteiger partial charge in [0, 0.05) is 12.1 Å². The van der Waals surface area contributed by atoms with Gasteiger partial charge < -0.3 is 0 Å². The van der Waals surface area contributed by atoms with Crippen molar-refractivity contribution in [1.29, 1.82) is 0 Å². The second-order valence-corrected chi connectivity index (χ2v) is 4.56. The average molecular weight is 202 g/mol. The summed E-state index contributed by atoms with van der Waals surface area (Å²) in [5, 5.41) is 0. The Bertz CT molecular complexity index is 349. The molecule has 0 fully saturated rings. The van der Waals surface area contributed by atoms with Gasteiger partial charge in [0.15, 0.2) is 0 Å². The lowest BCUT2D eigenvalue weighted by molar-refractivity contribution is 0.788. The van der Waals surface area contributed by atoms with Crippen molar-refractivity contribution in [3.05, 3.63) is 47.5 Å². The summed E-state index contributed by atoms with van der Waals surface area (Å²) in [6.45, 7) is 2.27. The van der Waals surface area contributed by atoms with Crippen molar-refractivity contribution in [3.63, 3.8) is 0 Å². The summed E-state index contributed by atoms with van der Waals surface area (Å²) in [6, 6.07) is 10.8. The number of rotatable bonds is 3. The molecule has 1 aliphatic heterocycles. The lowest BCUT2D eigenvalue weighted by Crippen LogP contribution is -2.00. The first-order chi connectivity index (χ1) is 6.92. The van der Waals surface area contributed by atoms with Crippen LogP contribution in [-0.2, 0) is 0 Å². The molecule has 1 aromatic rings. The van der Waals surface area contributed by atoms with Gasteiger partial charge in [-0.3, -0.25) is 0 Å². The third-order valence-corrected chi connectivity index (χ3v) is 3.56. The molecule has 0 nitrogen and oxygen atoms in total. The fourth-order valence-corrected chi connectivity index (χ4v) is 2.87. The Morgan fingerprint density at radius 3 is 2.64 bits per heavy atom. The number of benzene rings is 1. The standard InChI is InChI=1S/C13H15P/c1-2-13(12-8-9-14-10-12)11-6-4-3-5-7-11/h3-8,10,13H,2,9H2,1H3. The van der Waals surface area contributed by atoms with Gasteiger partial charge in [-0.2, -0.15) is 0 Å². The van der Waals surface area contributed by atoms with E-state index < -0.39 is 0 Å². The Morgan fingerprint density at radius 1 is 1.29 bits per heavy atom. The topological polar surface area (TPSA) is 0 Å². The normalized spacial score (nSPS) is 17.9. The van der Waals surface area contributed by atoms with Gasteiger partial charge in [-0.1, -0.05) is 43.3 Å². The highest BCUT2D eigenvalue weighted by Crippen LogP contribution is 2.30. The van der Waals surface area contributed by atoms with Crippen LogP contribution in [0.4, 0.5) is 0 Å². The van der Waals surface area contributed by atoms with Gasteiger partial charge in [0.25, 0.3) is 0 Å². The highest BCUT2D eigenvalue weighted by molar-refractivity contribution is 7.40. The second kappa shape index (κ2) is 4.57. The molecule has 0 bridgehead atoms. The zero-order chi connectivity index (χ0) is 9.80.